The van der Waals surface area contributed by atoms with Crippen LogP contribution in [0.25, 0.3) is 10.2 Å². The number of hydrogen-bond donors (Lipinski definition) is 3. The number of hydrogen-bond acceptors (Lipinski definition) is 4. The Balaban J connectivity index is 1.52. The number of aliphatic carboxylic acids is 1. The van der Waals surface area contributed by atoms with Crippen LogP contribution < -0.4 is 5.32 Å². The molecule has 0 bridgehead atoms. The van der Waals surface area contributed by atoms with Gasteiger partial charge in [0.15, 0.2) is 0 Å². The van der Waals surface area contributed by atoms with Crippen LogP contribution in [0.3, 0.4) is 0 Å². The van der Waals surface area contributed by atoms with E-state index >= 15 is 0 Å². The highest BCUT2D eigenvalue weighted by molar-refractivity contribution is 7.99. The van der Waals surface area contributed by atoms with E-state index in [2.05, 4.69) is 22.4 Å². The highest BCUT2D eigenvalue weighted by atomic mass is 35.5. The molecule has 0 spiro atoms. The van der Waals surface area contributed by atoms with Crippen molar-refractivity contribution in [2.45, 2.75) is 18.4 Å². The summed E-state index contributed by atoms with van der Waals surface area (Å²) < 4.78 is 1.33. The lowest BCUT2D eigenvalue weighted by molar-refractivity contribution is -0.133. The number of thiophene rings is 1. The Kier molecular flexibility index (Phi) is 5.60. The number of H-pyrrole nitrogens is 1. The maximum Gasteiger partial charge on any atom is 0.313 e. The highest BCUT2D eigenvalue weighted by Crippen LogP contribution is 2.39. The lowest BCUT2D eigenvalue weighted by atomic mass is 10.0. The van der Waals surface area contributed by atoms with E-state index in [1.165, 1.54) is 34.2 Å². The summed E-state index contributed by atoms with van der Waals surface area (Å²) in [5.74, 6) is -0.291. The van der Waals surface area contributed by atoms with Crippen LogP contribution in [0.4, 0.5) is 0 Å². The third kappa shape index (κ3) is 3.76. The summed E-state index contributed by atoms with van der Waals surface area (Å²) in [7, 11) is 0. The van der Waals surface area contributed by atoms with Crippen molar-refractivity contribution >= 4 is 68.4 Å². The second-order valence-electron chi connectivity index (χ2n) is 6.61. The molecule has 1 aliphatic carbocycles. The molecule has 3 N–H and O–H groups in total. The summed E-state index contributed by atoms with van der Waals surface area (Å²) in [5.41, 5.74) is 3.47. The third-order valence-electron chi connectivity index (χ3n) is 4.84. The zero-order chi connectivity index (χ0) is 19.8. The Bertz CT molecular complexity index is 1060. The smallest absolute Gasteiger partial charge is 0.313 e. The highest BCUT2D eigenvalue weighted by Gasteiger charge is 2.33. The molecule has 5 nitrogen and oxygen atoms in total. The van der Waals surface area contributed by atoms with Gasteiger partial charge in [0.1, 0.15) is 10.0 Å². The summed E-state index contributed by atoms with van der Waals surface area (Å²) in [4.78, 5) is 26.7. The van der Waals surface area contributed by atoms with Crippen molar-refractivity contribution in [1.82, 2.24) is 10.3 Å². The second kappa shape index (κ2) is 7.99. The molecule has 3 aromatic rings. The number of benzene rings is 1. The zero-order valence-electron chi connectivity index (χ0n) is 14.5. The minimum Gasteiger partial charge on any atom is -0.481 e. The number of carbonyl (C=O) groups is 2. The van der Waals surface area contributed by atoms with E-state index in [0.29, 0.717) is 26.3 Å². The number of rotatable bonds is 6. The second-order valence-corrected chi connectivity index (χ2v) is 9.67. The number of carboxylic acid groups (broad SMARTS) is 1. The van der Waals surface area contributed by atoms with Gasteiger partial charge in [0, 0.05) is 17.7 Å². The Morgan fingerprint density at radius 3 is 2.86 bits per heavy atom. The number of nitrogens with one attached hydrogen (secondary N) is 2. The molecule has 28 heavy (non-hydrogen) atoms. The molecule has 2 atom stereocenters. The maximum absolute atomic E-state index is 12.8. The zero-order valence-corrected chi connectivity index (χ0v) is 17.6. The summed E-state index contributed by atoms with van der Waals surface area (Å²) >= 11 is 14.9. The number of halogens is 2. The van der Waals surface area contributed by atoms with Crippen molar-refractivity contribution in [2.75, 3.05) is 11.5 Å². The molecule has 2 aromatic heterocycles. The van der Waals surface area contributed by atoms with Gasteiger partial charge in [-0.3, -0.25) is 9.59 Å². The fraction of sp³-hybridized carbons (Fsp3) is 0.263. The fourth-order valence-corrected chi connectivity index (χ4v) is 6.04. The minimum absolute atomic E-state index is 0.0471. The van der Waals surface area contributed by atoms with Crippen LogP contribution in [0, 0.1) is 0 Å². The van der Waals surface area contributed by atoms with Crippen molar-refractivity contribution in [2.24, 2.45) is 0 Å². The SMILES string of the molecule is O=C(O)CSC[C@@H]1c2ccccc2C[C@H]1NC(=O)c1cc2sc(Cl)c(Cl)c2[nH]1. The van der Waals surface area contributed by atoms with Gasteiger partial charge < -0.3 is 15.4 Å². The number of carboxylic acids is 1. The van der Waals surface area contributed by atoms with Gasteiger partial charge in [-0.1, -0.05) is 47.5 Å². The topological polar surface area (TPSA) is 82.2 Å². The molecule has 0 unspecified atom stereocenters. The quantitative estimate of drug-likeness (QED) is 0.499. The van der Waals surface area contributed by atoms with Crippen molar-refractivity contribution in [3.05, 3.63) is 56.5 Å². The summed E-state index contributed by atoms with van der Waals surface area (Å²) in [5, 5.41) is 12.5. The number of aromatic nitrogens is 1. The number of amides is 1. The number of thioether (sulfide) groups is 1. The molecule has 9 heteroatoms. The molecular weight excluding hydrogens is 439 g/mol. The largest absolute Gasteiger partial charge is 0.481 e. The summed E-state index contributed by atoms with van der Waals surface area (Å²) in [6.45, 7) is 0. The first-order valence-corrected chi connectivity index (χ1v) is 11.3. The van der Waals surface area contributed by atoms with Gasteiger partial charge >= 0.3 is 5.97 Å². The predicted octanol–water partition coefficient (Wildman–Crippen LogP) is 4.79. The molecule has 0 saturated heterocycles. The molecule has 0 fully saturated rings. The van der Waals surface area contributed by atoms with E-state index < -0.39 is 5.97 Å². The Morgan fingerprint density at radius 2 is 2.11 bits per heavy atom. The van der Waals surface area contributed by atoms with Gasteiger partial charge in [-0.05, 0) is 23.6 Å². The minimum atomic E-state index is -0.834. The Labute approximate surface area is 179 Å². The molecule has 0 saturated carbocycles. The molecule has 0 radical (unpaired) electrons. The molecular formula is C19H16Cl2N2O3S2. The van der Waals surface area contributed by atoms with E-state index in [0.717, 1.165) is 11.1 Å². The molecule has 1 aliphatic rings. The first-order chi connectivity index (χ1) is 13.4. The standard InChI is InChI=1S/C19H16Cl2N2O3S2/c20-16-17-14(28-18(16)21)6-13(22-17)19(26)23-12-5-9-3-1-2-4-10(9)11(12)7-27-8-15(24)25/h1-4,6,11-12,22H,5,7-8H2,(H,23,26)(H,24,25)/t11-,12-/m1/s1. The Morgan fingerprint density at radius 1 is 1.32 bits per heavy atom. The van der Waals surface area contributed by atoms with Gasteiger partial charge in [-0.15, -0.1) is 23.1 Å². The molecule has 146 valence electrons. The lowest BCUT2D eigenvalue weighted by Gasteiger charge is -2.21. The van der Waals surface area contributed by atoms with Crippen LogP contribution >= 0.6 is 46.3 Å². The average Bonchev–Trinajstić information content (AvgIpc) is 3.29. The lowest BCUT2D eigenvalue weighted by Crippen LogP contribution is -2.38. The van der Waals surface area contributed by atoms with Crippen molar-refractivity contribution in [1.29, 1.82) is 0 Å². The summed E-state index contributed by atoms with van der Waals surface area (Å²) in [6, 6.07) is 9.73. The first kappa shape index (κ1) is 19.6. The number of carbonyl (C=O) groups excluding carboxylic acids is 1. The van der Waals surface area contributed by atoms with E-state index in [4.69, 9.17) is 28.3 Å². The van der Waals surface area contributed by atoms with E-state index in [1.54, 1.807) is 6.07 Å². The molecule has 1 aromatic carbocycles. The van der Waals surface area contributed by atoms with Crippen LogP contribution in [0.2, 0.25) is 9.36 Å². The van der Waals surface area contributed by atoms with Crippen LogP contribution in [0.1, 0.15) is 27.5 Å². The van der Waals surface area contributed by atoms with Crippen molar-refractivity contribution in [3.8, 4) is 0 Å². The average molecular weight is 455 g/mol. The monoisotopic (exact) mass is 454 g/mol. The molecule has 1 amide bonds. The maximum atomic E-state index is 12.8. The predicted molar refractivity (Wildman–Crippen MR) is 115 cm³/mol. The van der Waals surface area contributed by atoms with Gasteiger partial charge in [0.05, 0.1) is 21.0 Å². The third-order valence-corrected chi connectivity index (χ3v) is 7.82. The van der Waals surface area contributed by atoms with E-state index in [-0.39, 0.29) is 23.6 Å². The van der Waals surface area contributed by atoms with Gasteiger partial charge in [0.2, 0.25) is 0 Å². The van der Waals surface area contributed by atoms with Crippen molar-refractivity contribution in [3.63, 3.8) is 0 Å². The van der Waals surface area contributed by atoms with Crippen LogP contribution in [0.15, 0.2) is 30.3 Å². The molecule has 4 rings (SSSR count). The van der Waals surface area contributed by atoms with Gasteiger partial charge in [-0.2, -0.15) is 0 Å². The van der Waals surface area contributed by atoms with Crippen LogP contribution in [-0.2, 0) is 11.2 Å². The van der Waals surface area contributed by atoms with E-state index in [1.807, 2.05) is 12.1 Å². The fourth-order valence-electron chi connectivity index (χ4n) is 3.60. The summed E-state index contributed by atoms with van der Waals surface area (Å²) in [6.07, 6.45) is 0.724. The number of aromatic amines is 1. The Hall–Kier alpha value is -1.67. The van der Waals surface area contributed by atoms with Crippen molar-refractivity contribution < 1.29 is 14.7 Å². The molecule has 2 heterocycles. The van der Waals surface area contributed by atoms with Crippen LogP contribution in [0.5, 0.6) is 0 Å². The van der Waals surface area contributed by atoms with E-state index in [9.17, 15) is 9.59 Å². The van der Waals surface area contributed by atoms with Gasteiger partial charge in [0.25, 0.3) is 5.91 Å². The van der Waals surface area contributed by atoms with Crippen LogP contribution in [-0.4, -0.2) is 39.5 Å². The first-order valence-electron chi connectivity index (χ1n) is 8.58. The molecule has 0 aliphatic heterocycles. The van der Waals surface area contributed by atoms with Gasteiger partial charge in [-0.25, -0.2) is 0 Å². The normalized spacial score (nSPS) is 18.4. The number of fused-ring (bicyclic) bond motifs is 2.